The molecule has 2 heterocycles. The van der Waals surface area contributed by atoms with Gasteiger partial charge in [0.1, 0.15) is 11.6 Å². The minimum atomic E-state index is -0.244. The van der Waals surface area contributed by atoms with Gasteiger partial charge in [0.15, 0.2) is 0 Å². The molecular formula is C15H12FN3. The Morgan fingerprint density at radius 2 is 1.68 bits per heavy atom. The maximum atomic E-state index is 13.0. The van der Waals surface area contributed by atoms with Gasteiger partial charge in [-0.1, -0.05) is 0 Å². The van der Waals surface area contributed by atoms with E-state index in [-0.39, 0.29) is 5.82 Å². The third kappa shape index (κ3) is 2.12. The number of aromatic nitrogens is 3. The highest BCUT2D eigenvalue weighted by molar-refractivity contribution is 5.61. The van der Waals surface area contributed by atoms with E-state index < -0.39 is 0 Å². The Hall–Kier alpha value is -2.49. The fourth-order valence-electron chi connectivity index (χ4n) is 2.09. The van der Waals surface area contributed by atoms with Gasteiger partial charge in [-0.2, -0.15) is 0 Å². The topological polar surface area (TPSA) is 30.7 Å². The molecule has 0 fully saturated rings. The van der Waals surface area contributed by atoms with Crippen LogP contribution in [0.15, 0.2) is 55.0 Å². The Morgan fingerprint density at radius 1 is 1.00 bits per heavy atom. The van der Waals surface area contributed by atoms with Crippen molar-refractivity contribution >= 4 is 0 Å². The van der Waals surface area contributed by atoms with E-state index >= 15 is 0 Å². The number of aryl methyl sites for hydroxylation is 1. The number of pyridine rings is 1. The average Bonchev–Trinajstić information content (AvgIpc) is 2.83. The van der Waals surface area contributed by atoms with E-state index in [2.05, 4.69) is 9.97 Å². The standard InChI is InChI=1S/C15H12FN3/c1-11-18-10-15(12-6-8-17-9-7-12)19(11)14-4-2-13(16)3-5-14/h2-10H,1H3. The van der Waals surface area contributed by atoms with Gasteiger partial charge in [0.05, 0.1) is 11.9 Å². The molecular weight excluding hydrogens is 241 g/mol. The van der Waals surface area contributed by atoms with Gasteiger partial charge in [-0.25, -0.2) is 9.37 Å². The van der Waals surface area contributed by atoms with Crippen molar-refractivity contribution < 1.29 is 4.39 Å². The Kier molecular flexibility index (Phi) is 2.83. The summed E-state index contributed by atoms with van der Waals surface area (Å²) < 4.78 is 15.0. The van der Waals surface area contributed by atoms with E-state index in [4.69, 9.17) is 0 Å². The molecule has 94 valence electrons. The van der Waals surface area contributed by atoms with Crippen molar-refractivity contribution in [1.82, 2.24) is 14.5 Å². The lowest BCUT2D eigenvalue weighted by Gasteiger charge is -2.10. The molecule has 0 aliphatic rings. The van der Waals surface area contributed by atoms with Gasteiger partial charge in [0.25, 0.3) is 0 Å². The molecule has 0 saturated carbocycles. The summed E-state index contributed by atoms with van der Waals surface area (Å²) in [6.45, 7) is 1.92. The minimum Gasteiger partial charge on any atom is -0.297 e. The zero-order valence-electron chi connectivity index (χ0n) is 10.4. The summed E-state index contributed by atoms with van der Waals surface area (Å²) in [5.74, 6) is 0.616. The van der Waals surface area contributed by atoms with Crippen LogP contribution in [0, 0.1) is 12.7 Å². The predicted molar refractivity (Wildman–Crippen MR) is 71.5 cm³/mol. The summed E-state index contributed by atoms with van der Waals surface area (Å²) >= 11 is 0. The predicted octanol–water partition coefficient (Wildman–Crippen LogP) is 3.38. The SMILES string of the molecule is Cc1ncc(-c2ccncc2)n1-c1ccc(F)cc1. The molecule has 0 aliphatic heterocycles. The van der Waals surface area contributed by atoms with Crippen LogP contribution in [0.2, 0.25) is 0 Å². The summed E-state index contributed by atoms with van der Waals surface area (Å²) in [5.41, 5.74) is 2.88. The van der Waals surface area contributed by atoms with Crippen molar-refractivity contribution in [2.75, 3.05) is 0 Å². The molecule has 0 radical (unpaired) electrons. The second-order valence-electron chi connectivity index (χ2n) is 4.24. The van der Waals surface area contributed by atoms with Gasteiger partial charge >= 0.3 is 0 Å². The first-order chi connectivity index (χ1) is 9.25. The molecule has 0 atom stereocenters. The molecule has 0 bridgehead atoms. The van der Waals surface area contributed by atoms with Crippen LogP contribution in [0.1, 0.15) is 5.82 Å². The fourth-order valence-corrected chi connectivity index (χ4v) is 2.09. The number of rotatable bonds is 2. The van der Waals surface area contributed by atoms with Crippen LogP contribution in [0.5, 0.6) is 0 Å². The molecule has 0 amide bonds. The van der Waals surface area contributed by atoms with E-state index in [1.165, 1.54) is 12.1 Å². The van der Waals surface area contributed by atoms with Crippen molar-refractivity contribution in [3.8, 4) is 16.9 Å². The van der Waals surface area contributed by atoms with Crippen LogP contribution in [0.4, 0.5) is 4.39 Å². The second-order valence-corrected chi connectivity index (χ2v) is 4.24. The molecule has 4 heteroatoms. The number of halogens is 1. The fraction of sp³-hybridized carbons (Fsp3) is 0.0667. The molecule has 3 aromatic rings. The molecule has 0 N–H and O–H groups in total. The van der Waals surface area contributed by atoms with Crippen molar-refractivity contribution in [1.29, 1.82) is 0 Å². The average molecular weight is 253 g/mol. The number of hydrogen-bond donors (Lipinski definition) is 0. The normalized spacial score (nSPS) is 10.6. The maximum absolute atomic E-state index is 13.0. The Morgan fingerprint density at radius 3 is 2.37 bits per heavy atom. The van der Waals surface area contributed by atoms with E-state index in [1.807, 2.05) is 29.8 Å². The Bertz CT molecular complexity index is 687. The van der Waals surface area contributed by atoms with Crippen molar-refractivity contribution in [3.05, 3.63) is 66.6 Å². The first-order valence-electron chi connectivity index (χ1n) is 5.96. The molecule has 19 heavy (non-hydrogen) atoms. The molecule has 3 nitrogen and oxygen atoms in total. The van der Waals surface area contributed by atoms with Crippen molar-refractivity contribution in [2.45, 2.75) is 6.92 Å². The molecule has 0 aliphatic carbocycles. The molecule has 1 aromatic carbocycles. The highest BCUT2D eigenvalue weighted by Gasteiger charge is 2.10. The largest absolute Gasteiger partial charge is 0.297 e. The highest BCUT2D eigenvalue weighted by atomic mass is 19.1. The van der Waals surface area contributed by atoms with Crippen LogP contribution in [-0.4, -0.2) is 14.5 Å². The van der Waals surface area contributed by atoms with Crippen LogP contribution in [-0.2, 0) is 0 Å². The maximum Gasteiger partial charge on any atom is 0.123 e. The smallest absolute Gasteiger partial charge is 0.123 e. The zero-order valence-corrected chi connectivity index (χ0v) is 10.4. The molecule has 2 aromatic heterocycles. The lowest BCUT2D eigenvalue weighted by Crippen LogP contribution is -1.99. The Balaban J connectivity index is 2.17. The number of nitrogens with zero attached hydrogens (tertiary/aromatic N) is 3. The first-order valence-corrected chi connectivity index (χ1v) is 5.96. The second kappa shape index (κ2) is 4.65. The molecule has 0 spiro atoms. The minimum absolute atomic E-state index is 0.244. The van der Waals surface area contributed by atoms with Crippen LogP contribution in [0.25, 0.3) is 16.9 Å². The first kappa shape index (κ1) is 11.6. The highest BCUT2D eigenvalue weighted by Crippen LogP contribution is 2.24. The summed E-state index contributed by atoms with van der Waals surface area (Å²) in [4.78, 5) is 8.35. The third-order valence-electron chi connectivity index (χ3n) is 3.00. The quantitative estimate of drug-likeness (QED) is 0.701. The number of imidazole rings is 1. The van der Waals surface area contributed by atoms with Crippen molar-refractivity contribution in [2.24, 2.45) is 0 Å². The molecule has 3 rings (SSSR count). The van der Waals surface area contributed by atoms with Gasteiger partial charge in [0.2, 0.25) is 0 Å². The zero-order chi connectivity index (χ0) is 13.2. The van der Waals surface area contributed by atoms with Crippen LogP contribution < -0.4 is 0 Å². The van der Waals surface area contributed by atoms with E-state index in [0.717, 1.165) is 22.8 Å². The van der Waals surface area contributed by atoms with E-state index in [9.17, 15) is 4.39 Å². The van der Waals surface area contributed by atoms with Gasteiger partial charge < -0.3 is 0 Å². The van der Waals surface area contributed by atoms with Gasteiger partial charge in [-0.15, -0.1) is 0 Å². The van der Waals surface area contributed by atoms with Crippen LogP contribution in [0.3, 0.4) is 0 Å². The lowest BCUT2D eigenvalue weighted by molar-refractivity contribution is 0.627. The van der Waals surface area contributed by atoms with Gasteiger partial charge in [0, 0.05) is 23.6 Å². The lowest BCUT2D eigenvalue weighted by atomic mass is 10.2. The van der Waals surface area contributed by atoms with Gasteiger partial charge in [-0.3, -0.25) is 9.55 Å². The summed E-state index contributed by atoms with van der Waals surface area (Å²) in [7, 11) is 0. The molecule has 0 saturated heterocycles. The summed E-state index contributed by atoms with van der Waals surface area (Å²) in [6, 6.07) is 10.2. The Labute approximate surface area is 110 Å². The van der Waals surface area contributed by atoms with Gasteiger partial charge in [-0.05, 0) is 43.3 Å². The number of hydrogen-bond acceptors (Lipinski definition) is 2. The third-order valence-corrected chi connectivity index (χ3v) is 3.00. The molecule has 0 unspecified atom stereocenters. The van der Waals surface area contributed by atoms with E-state index in [1.54, 1.807) is 24.5 Å². The van der Waals surface area contributed by atoms with E-state index in [0.29, 0.717) is 0 Å². The summed E-state index contributed by atoms with van der Waals surface area (Å²) in [6.07, 6.45) is 5.30. The number of benzene rings is 1. The van der Waals surface area contributed by atoms with Crippen molar-refractivity contribution in [3.63, 3.8) is 0 Å². The van der Waals surface area contributed by atoms with Crippen LogP contribution >= 0.6 is 0 Å². The monoisotopic (exact) mass is 253 g/mol. The summed E-state index contributed by atoms with van der Waals surface area (Å²) in [5, 5.41) is 0.